The van der Waals surface area contributed by atoms with Crippen LogP contribution < -0.4 is 5.32 Å². The molecule has 1 amide bonds. The van der Waals surface area contributed by atoms with Gasteiger partial charge in [-0.2, -0.15) is 0 Å². The zero-order chi connectivity index (χ0) is 11.5. The smallest absolute Gasteiger partial charge is 0.265 e. The van der Waals surface area contributed by atoms with Crippen molar-refractivity contribution in [3.8, 4) is 0 Å². The Balaban J connectivity index is 2.15. The third-order valence-corrected chi connectivity index (χ3v) is 3.43. The van der Waals surface area contributed by atoms with Crippen molar-refractivity contribution in [1.29, 1.82) is 0 Å². The molecule has 0 aliphatic heterocycles. The largest absolute Gasteiger partial charge is 0.321 e. The van der Waals surface area contributed by atoms with Crippen LogP contribution in [0.2, 0.25) is 0 Å². The minimum Gasteiger partial charge on any atom is -0.321 e. The first-order valence-electron chi connectivity index (χ1n) is 4.47. The number of hydrogen-bond donors (Lipinski definition) is 1. The molecule has 1 aromatic heterocycles. The van der Waals surface area contributed by atoms with Gasteiger partial charge in [-0.3, -0.25) is 4.79 Å². The van der Waals surface area contributed by atoms with Crippen LogP contribution in [0.15, 0.2) is 40.2 Å². The van der Waals surface area contributed by atoms with Gasteiger partial charge in [0.1, 0.15) is 5.82 Å². The lowest BCUT2D eigenvalue weighted by molar-refractivity contribution is 0.103. The second-order valence-electron chi connectivity index (χ2n) is 3.06. The summed E-state index contributed by atoms with van der Waals surface area (Å²) in [6, 6.07) is 7.98. The SMILES string of the molecule is O=C(Nc1ccc(Br)c(F)c1)c1cccs1. The number of halogens is 2. The molecule has 1 N–H and O–H groups in total. The lowest BCUT2D eigenvalue weighted by Crippen LogP contribution is -2.10. The maximum Gasteiger partial charge on any atom is 0.265 e. The summed E-state index contributed by atoms with van der Waals surface area (Å²) >= 11 is 4.39. The van der Waals surface area contributed by atoms with Gasteiger partial charge in [-0.25, -0.2) is 4.39 Å². The fourth-order valence-corrected chi connectivity index (χ4v) is 2.04. The molecule has 0 bridgehead atoms. The Morgan fingerprint density at radius 1 is 1.38 bits per heavy atom. The summed E-state index contributed by atoms with van der Waals surface area (Å²) in [5.74, 6) is -0.624. The molecule has 0 radical (unpaired) electrons. The first-order chi connectivity index (χ1) is 7.66. The van der Waals surface area contributed by atoms with Crippen LogP contribution in [0.5, 0.6) is 0 Å². The van der Waals surface area contributed by atoms with Crippen molar-refractivity contribution >= 4 is 38.9 Å². The molecule has 0 aliphatic carbocycles. The van der Waals surface area contributed by atoms with Crippen LogP contribution >= 0.6 is 27.3 Å². The Morgan fingerprint density at radius 2 is 2.19 bits per heavy atom. The quantitative estimate of drug-likeness (QED) is 0.895. The number of nitrogens with one attached hydrogen (secondary N) is 1. The number of amides is 1. The Bertz CT molecular complexity index is 513. The molecule has 2 nitrogen and oxygen atoms in total. The van der Waals surface area contributed by atoms with Crippen LogP contribution in [0.1, 0.15) is 9.67 Å². The summed E-state index contributed by atoms with van der Waals surface area (Å²) in [7, 11) is 0. The molecule has 2 aromatic rings. The van der Waals surface area contributed by atoms with Crippen molar-refractivity contribution < 1.29 is 9.18 Å². The normalized spacial score (nSPS) is 10.1. The zero-order valence-corrected chi connectivity index (χ0v) is 10.4. The standard InChI is InChI=1S/C11H7BrFNOS/c12-8-4-3-7(6-9(8)13)14-11(15)10-2-1-5-16-10/h1-6H,(H,14,15). The summed E-state index contributed by atoms with van der Waals surface area (Å²) in [5, 5.41) is 4.44. The summed E-state index contributed by atoms with van der Waals surface area (Å²) in [4.78, 5) is 12.2. The van der Waals surface area contributed by atoms with Crippen LogP contribution in [-0.4, -0.2) is 5.91 Å². The summed E-state index contributed by atoms with van der Waals surface area (Å²) in [6.07, 6.45) is 0. The average Bonchev–Trinajstić information content (AvgIpc) is 2.77. The van der Waals surface area contributed by atoms with Crippen molar-refractivity contribution in [2.24, 2.45) is 0 Å². The molecule has 0 saturated carbocycles. The van der Waals surface area contributed by atoms with E-state index in [-0.39, 0.29) is 5.91 Å². The van der Waals surface area contributed by atoms with Crippen molar-refractivity contribution in [2.45, 2.75) is 0 Å². The van der Waals surface area contributed by atoms with Gasteiger partial charge < -0.3 is 5.32 Å². The Morgan fingerprint density at radius 3 is 2.81 bits per heavy atom. The lowest BCUT2D eigenvalue weighted by atomic mass is 10.3. The minimum atomic E-state index is -0.399. The maximum atomic E-state index is 13.2. The topological polar surface area (TPSA) is 29.1 Å². The van der Waals surface area contributed by atoms with Crippen molar-refractivity contribution in [1.82, 2.24) is 0 Å². The summed E-state index contributed by atoms with van der Waals surface area (Å²) in [6.45, 7) is 0. The molecule has 0 atom stereocenters. The molecule has 1 aromatic carbocycles. The molecule has 2 rings (SSSR count). The minimum absolute atomic E-state index is 0.225. The molecule has 16 heavy (non-hydrogen) atoms. The molecule has 0 fully saturated rings. The van der Waals surface area contributed by atoms with Crippen molar-refractivity contribution in [3.63, 3.8) is 0 Å². The summed E-state index contributed by atoms with van der Waals surface area (Å²) < 4.78 is 13.6. The van der Waals surface area contributed by atoms with Gasteiger partial charge in [-0.05, 0) is 45.6 Å². The Kier molecular flexibility index (Phi) is 3.36. The second kappa shape index (κ2) is 4.76. The van der Waals surface area contributed by atoms with Gasteiger partial charge in [-0.1, -0.05) is 6.07 Å². The highest BCUT2D eigenvalue weighted by molar-refractivity contribution is 9.10. The van der Waals surface area contributed by atoms with Gasteiger partial charge in [0.15, 0.2) is 0 Å². The van der Waals surface area contributed by atoms with E-state index in [1.54, 1.807) is 24.3 Å². The van der Waals surface area contributed by atoms with Crippen LogP contribution in [0, 0.1) is 5.82 Å². The molecule has 1 heterocycles. The van der Waals surface area contributed by atoms with E-state index in [2.05, 4.69) is 21.2 Å². The molecule has 5 heteroatoms. The highest BCUT2D eigenvalue weighted by Crippen LogP contribution is 2.20. The van der Waals surface area contributed by atoms with Crippen molar-refractivity contribution in [2.75, 3.05) is 5.32 Å². The van der Waals surface area contributed by atoms with Gasteiger partial charge >= 0.3 is 0 Å². The van der Waals surface area contributed by atoms with E-state index >= 15 is 0 Å². The highest BCUT2D eigenvalue weighted by Gasteiger charge is 2.07. The van der Waals surface area contributed by atoms with E-state index < -0.39 is 5.82 Å². The maximum absolute atomic E-state index is 13.2. The van der Waals surface area contributed by atoms with Gasteiger partial charge in [-0.15, -0.1) is 11.3 Å². The Hall–Kier alpha value is -1.20. The summed E-state index contributed by atoms with van der Waals surface area (Å²) in [5.41, 5.74) is 0.444. The molecule has 0 saturated heterocycles. The van der Waals surface area contributed by atoms with Gasteiger partial charge in [0.05, 0.1) is 9.35 Å². The number of carbonyl (C=O) groups excluding carboxylic acids is 1. The van der Waals surface area contributed by atoms with Crippen LogP contribution in [-0.2, 0) is 0 Å². The molecular weight excluding hydrogens is 293 g/mol. The van der Waals surface area contributed by atoms with Gasteiger partial charge in [0, 0.05) is 5.69 Å². The predicted molar refractivity (Wildman–Crippen MR) is 66.4 cm³/mol. The number of hydrogen-bond acceptors (Lipinski definition) is 2. The van der Waals surface area contributed by atoms with Crippen LogP contribution in [0.3, 0.4) is 0 Å². The second-order valence-corrected chi connectivity index (χ2v) is 4.86. The molecule has 0 aliphatic rings. The highest BCUT2D eigenvalue weighted by atomic mass is 79.9. The fourth-order valence-electron chi connectivity index (χ4n) is 1.17. The first kappa shape index (κ1) is 11.3. The zero-order valence-electron chi connectivity index (χ0n) is 8.04. The van der Waals surface area contributed by atoms with Crippen LogP contribution in [0.4, 0.5) is 10.1 Å². The third-order valence-electron chi connectivity index (χ3n) is 1.92. The Labute approximate surface area is 104 Å². The predicted octanol–water partition coefficient (Wildman–Crippen LogP) is 3.90. The molecular formula is C11H7BrFNOS. The first-order valence-corrected chi connectivity index (χ1v) is 6.14. The average molecular weight is 300 g/mol. The fraction of sp³-hybridized carbons (Fsp3) is 0. The van der Waals surface area contributed by atoms with E-state index in [4.69, 9.17) is 0 Å². The van der Waals surface area contributed by atoms with E-state index in [1.165, 1.54) is 17.4 Å². The van der Waals surface area contributed by atoms with Gasteiger partial charge in [0.2, 0.25) is 0 Å². The number of rotatable bonds is 2. The van der Waals surface area contributed by atoms with Crippen LogP contribution in [0.25, 0.3) is 0 Å². The number of benzene rings is 1. The molecule has 82 valence electrons. The molecule has 0 spiro atoms. The van der Waals surface area contributed by atoms with E-state index in [0.717, 1.165) is 0 Å². The number of carbonyl (C=O) groups is 1. The number of anilines is 1. The third kappa shape index (κ3) is 2.48. The van der Waals surface area contributed by atoms with E-state index in [9.17, 15) is 9.18 Å². The molecule has 0 unspecified atom stereocenters. The number of thiophene rings is 1. The van der Waals surface area contributed by atoms with Crippen molar-refractivity contribution in [3.05, 3.63) is 50.9 Å². The lowest BCUT2D eigenvalue weighted by Gasteiger charge is -2.04. The monoisotopic (exact) mass is 299 g/mol. The van der Waals surface area contributed by atoms with E-state index in [1.807, 2.05) is 5.38 Å². The van der Waals surface area contributed by atoms with E-state index in [0.29, 0.717) is 15.0 Å². The van der Waals surface area contributed by atoms with Gasteiger partial charge in [0.25, 0.3) is 5.91 Å².